The summed E-state index contributed by atoms with van der Waals surface area (Å²) < 4.78 is 18.8. The fraction of sp³-hybridized carbons (Fsp3) is 0.267. The molecule has 0 radical (unpaired) electrons. The van der Waals surface area contributed by atoms with E-state index in [0.29, 0.717) is 23.4 Å². The lowest BCUT2D eigenvalue weighted by molar-refractivity contribution is 0.0659. The molecule has 0 fully saturated rings. The minimum Gasteiger partial charge on any atom is -0.475 e. The lowest BCUT2D eigenvalue weighted by atomic mass is 10.1. The summed E-state index contributed by atoms with van der Waals surface area (Å²) in [6, 6.07) is 8.01. The third-order valence-corrected chi connectivity index (χ3v) is 3.12. The van der Waals surface area contributed by atoms with Crippen LogP contribution in [0.1, 0.15) is 40.4 Å². The smallest absolute Gasteiger partial charge is 0.372 e. The van der Waals surface area contributed by atoms with Gasteiger partial charge in [-0.1, -0.05) is 18.2 Å². The van der Waals surface area contributed by atoms with Gasteiger partial charge in [0.2, 0.25) is 5.76 Å². The standard InChI is InChI=1S/C15H16FNO3/c1-9-7-11(20-14(9)15(18)19)8-17-10(2)12-5-3-4-6-13(12)16/h3-7,10,17H,8H2,1-2H3,(H,18,19). The van der Waals surface area contributed by atoms with E-state index in [-0.39, 0.29) is 17.6 Å². The van der Waals surface area contributed by atoms with Crippen molar-refractivity contribution in [2.45, 2.75) is 26.4 Å². The fourth-order valence-corrected chi connectivity index (χ4v) is 2.04. The zero-order chi connectivity index (χ0) is 14.7. The van der Waals surface area contributed by atoms with Crippen LogP contribution in [0.2, 0.25) is 0 Å². The summed E-state index contributed by atoms with van der Waals surface area (Å²) in [7, 11) is 0. The van der Waals surface area contributed by atoms with E-state index < -0.39 is 5.97 Å². The van der Waals surface area contributed by atoms with Gasteiger partial charge in [-0.15, -0.1) is 0 Å². The van der Waals surface area contributed by atoms with Crippen molar-refractivity contribution in [3.05, 3.63) is 58.8 Å². The third-order valence-electron chi connectivity index (χ3n) is 3.12. The third kappa shape index (κ3) is 3.05. The molecular formula is C15H16FNO3. The maximum absolute atomic E-state index is 13.6. The monoisotopic (exact) mass is 277 g/mol. The Morgan fingerprint density at radius 2 is 2.15 bits per heavy atom. The van der Waals surface area contributed by atoms with Crippen molar-refractivity contribution in [1.29, 1.82) is 0 Å². The molecule has 0 aliphatic carbocycles. The van der Waals surface area contributed by atoms with Gasteiger partial charge in [-0.05, 0) is 26.0 Å². The highest BCUT2D eigenvalue weighted by molar-refractivity contribution is 5.86. The van der Waals surface area contributed by atoms with Crippen LogP contribution in [0.25, 0.3) is 0 Å². The van der Waals surface area contributed by atoms with Crippen molar-refractivity contribution in [3.8, 4) is 0 Å². The number of carboxylic acid groups (broad SMARTS) is 1. The number of rotatable bonds is 5. The van der Waals surface area contributed by atoms with E-state index in [4.69, 9.17) is 9.52 Å². The Kier molecular flexibility index (Phi) is 4.20. The number of carboxylic acids is 1. The van der Waals surface area contributed by atoms with Crippen LogP contribution >= 0.6 is 0 Å². The second-order valence-corrected chi connectivity index (χ2v) is 4.65. The number of benzene rings is 1. The molecule has 0 saturated heterocycles. The SMILES string of the molecule is Cc1cc(CNC(C)c2ccccc2F)oc1C(=O)O. The van der Waals surface area contributed by atoms with Crippen molar-refractivity contribution in [2.75, 3.05) is 0 Å². The highest BCUT2D eigenvalue weighted by atomic mass is 19.1. The normalized spacial score (nSPS) is 12.3. The molecule has 20 heavy (non-hydrogen) atoms. The zero-order valence-electron chi connectivity index (χ0n) is 11.3. The van der Waals surface area contributed by atoms with E-state index in [1.807, 2.05) is 6.92 Å². The van der Waals surface area contributed by atoms with Gasteiger partial charge in [0.25, 0.3) is 0 Å². The van der Waals surface area contributed by atoms with Crippen LogP contribution in [0.15, 0.2) is 34.7 Å². The van der Waals surface area contributed by atoms with Crippen LogP contribution in [0, 0.1) is 12.7 Å². The summed E-state index contributed by atoms with van der Waals surface area (Å²) >= 11 is 0. The van der Waals surface area contributed by atoms with Gasteiger partial charge in [-0.3, -0.25) is 0 Å². The van der Waals surface area contributed by atoms with Crippen molar-refractivity contribution in [2.24, 2.45) is 0 Å². The molecule has 1 atom stereocenters. The lowest BCUT2D eigenvalue weighted by Crippen LogP contribution is -2.18. The van der Waals surface area contributed by atoms with E-state index in [0.717, 1.165) is 0 Å². The average molecular weight is 277 g/mol. The summed E-state index contributed by atoms with van der Waals surface area (Å²) in [5.41, 5.74) is 1.14. The van der Waals surface area contributed by atoms with Crippen molar-refractivity contribution < 1.29 is 18.7 Å². The fourth-order valence-electron chi connectivity index (χ4n) is 2.04. The van der Waals surface area contributed by atoms with Crippen LogP contribution < -0.4 is 5.32 Å². The highest BCUT2D eigenvalue weighted by Gasteiger charge is 2.15. The minimum absolute atomic E-state index is 0.0552. The Balaban J connectivity index is 2.04. The van der Waals surface area contributed by atoms with E-state index in [2.05, 4.69) is 5.32 Å². The second kappa shape index (κ2) is 5.88. The number of hydrogen-bond donors (Lipinski definition) is 2. The van der Waals surface area contributed by atoms with Gasteiger partial charge < -0.3 is 14.8 Å². The van der Waals surface area contributed by atoms with Gasteiger partial charge in [0.15, 0.2) is 0 Å². The molecule has 4 nitrogen and oxygen atoms in total. The molecule has 1 aromatic heterocycles. The molecule has 0 saturated carbocycles. The van der Waals surface area contributed by atoms with Crippen molar-refractivity contribution >= 4 is 5.97 Å². The summed E-state index contributed by atoms with van der Waals surface area (Å²) in [5, 5.41) is 12.0. The maximum Gasteiger partial charge on any atom is 0.372 e. The number of aromatic carboxylic acids is 1. The molecule has 106 valence electrons. The Morgan fingerprint density at radius 3 is 2.75 bits per heavy atom. The summed E-state index contributed by atoms with van der Waals surface area (Å²) in [5.74, 6) is -0.895. The highest BCUT2D eigenvalue weighted by Crippen LogP contribution is 2.18. The summed E-state index contributed by atoms with van der Waals surface area (Å²) in [6.45, 7) is 3.85. The molecule has 2 aromatic rings. The van der Waals surface area contributed by atoms with E-state index in [1.165, 1.54) is 6.07 Å². The van der Waals surface area contributed by atoms with E-state index >= 15 is 0 Å². The molecule has 0 aliphatic rings. The molecular weight excluding hydrogens is 261 g/mol. The van der Waals surface area contributed by atoms with Crippen molar-refractivity contribution in [1.82, 2.24) is 5.32 Å². The van der Waals surface area contributed by atoms with Gasteiger partial charge in [0, 0.05) is 17.2 Å². The maximum atomic E-state index is 13.6. The molecule has 0 amide bonds. The number of hydrogen-bond acceptors (Lipinski definition) is 3. The molecule has 1 aromatic carbocycles. The molecule has 0 bridgehead atoms. The predicted octanol–water partition coefficient (Wildman–Crippen LogP) is 3.28. The molecule has 1 unspecified atom stereocenters. The first-order chi connectivity index (χ1) is 9.49. The predicted molar refractivity (Wildman–Crippen MR) is 72.1 cm³/mol. The molecule has 2 rings (SSSR count). The topological polar surface area (TPSA) is 62.5 Å². The second-order valence-electron chi connectivity index (χ2n) is 4.65. The molecule has 1 heterocycles. The molecule has 0 spiro atoms. The van der Waals surface area contributed by atoms with Gasteiger partial charge in [-0.2, -0.15) is 0 Å². The zero-order valence-corrected chi connectivity index (χ0v) is 11.3. The quantitative estimate of drug-likeness (QED) is 0.880. The molecule has 0 aliphatic heterocycles. The first-order valence-electron chi connectivity index (χ1n) is 6.29. The van der Waals surface area contributed by atoms with Gasteiger partial charge in [0.05, 0.1) is 6.54 Å². The Morgan fingerprint density at radius 1 is 1.45 bits per heavy atom. The Bertz CT molecular complexity index is 621. The van der Waals surface area contributed by atoms with E-state index in [9.17, 15) is 9.18 Å². The van der Waals surface area contributed by atoms with Gasteiger partial charge in [-0.25, -0.2) is 9.18 Å². The number of halogens is 1. The van der Waals surface area contributed by atoms with Crippen molar-refractivity contribution in [3.63, 3.8) is 0 Å². The number of furan rings is 1. The van der Waals surface area contributed by atoms with Crippen LogP contribution in [0.3, 0.4) is 0 Å². The van der Waals surface area contributed by atoms with Crippen LogP contribution in [-0.2, 0) is 6.54 Å². The first kappa shape index (κ1) is 14.3. The lowest BCUT2D eigenvalue weighted by Gasteiger charge is -2.13. The molecule has 2 N–H and O–H groups in total. The van der Waals surface area contributed by atoms with E-state index in [1.54, 1.807) is 31.2 Å². The van der Waals surface area contributed by atoms with Gasteiger partial charge in [0.1, 0.15) is 11.6 Å². The number of nitrogens with one attached hydrogen (secondary N) is 1. The Hall–Kier alpha value is -2.14. The largest absolute Gasteiger partial charge is 0.475 e. The van der Waals surface area contributed by atoms with Crippen LogP contribution in [0.5, 0.6) is 0 Å². The van der Waals surface area contributed by atoms with Gasteiger partial charge >= 0.3 is 5.97 Å². The minimum atomic E-state index is -1.09. The summed E-state index contributed by atoms with van der Waals surface area (Å²) in [4.78, 5) is 10.9. The number of aryl methyl sites for hydroxylation is 1. The number of carbonyl (C=O) groups is 1. The average Bonchev–Trinajstić information content (AvgIpc) is 2.78. The molecule has 5 heteroatoms. The van der Waals surface area contributed by atoms with Crippen LogP contribution in [0.4, 0.5) is 4.39 Å². The Labute approximate surface area is 116 Å². The van der Waals surface area contributed by atoms with Crippen LogP contribution in [-0.4, -0.2) is 11.1 Å². The first-order valence-corrected chi connectivity index (χ1v) is 6.29. The summed E-state index contributed by atoms with van der Waals surface area (Å²) in [6.07, 6.45) is 0.